The zero-order valence-electron chi connectivity index (χ0n) is 12.9. The maximum absolute atomic E-state index is 14.2. The largest absolute Gasteiger partial charge is 0.465 e. The van der Waals surface area contributed by atoms with Crippen LogP contribution in [0.1, 0.15) is 39.2 Å². The molecule has 1 atom stereocenters. The van der Waals surface area contributed by atoms with Gasteiger partial charge in [-0.25, -0.2) is 4.39 Å². The maximum Gasteiger partial charge on any atom is 0.317 e. The summed E-state index contributed by atoms with van der Waals surface area (Å²) in [6.45, 7) is 5.08. The zero-order chi connectivity index (χ0) is 16.1. The molecule has 0 aliphatic rings. The standard InChI is InChI=1S/C16H24FNO3/c1-4-21-14(19)16(11-18,10-9-15(2,3)20)12-7-5-6-8-13(12)17/h5-8,20H,4,9-11,18H2,1-3H3. The van der Waals surface area contributed by atoms with Gasteiger partial charge in [-0.1, -0.05) is 18.2 Å². The summed E-state index contributed by atoms with van der Waals surface area (Å²) < 4.78 is 19.3. The van der Waals surface area contributed by atoms with E-state index in [4.69, 9.17) is 10.5 Å². The first-order valence-corrected chi connectivity index (χ1v) is 7.11. The highest BCUT2D eigenvalue weighted by Crippen LogP contribution is 2.34. The number of ether oxygens (including phenoxy) is 1. The molecule has 0 radical (unpaired) electrons. The molecule has 4 nitrogen and oxygen atoms in total. The molecule has 118 valence electrons. The molecule has 1 aromatic carbocycles. The van der Waals surface area contributed by atoms with Gasteiger partial charge < -0.3 is 15.6 Å². The molecule has 5 heteroatoms. The van der Waals surface area contributed by atoms with Crippen LogP contribution in [-0.4, -0.2) is 29.8 Å². The molecular formula is C16H24FNO3. The number of hydrogen-bond donors (Lipinski definition) is 2. The smallest absolute Gasteiger partial charge is 0.317 e. The molecule has 0 heterocycles. The van der Waals surface area contributed by atoms with Gasteiger partial charge in [-0.2, -0.15) is 0 Å². The van der Waals surface area contributed by atoms with Crippen molar-refractivity contribution in [3.05, 3.63) is 35.6 Å². The monoisotopic (exact) mass is 297 g/mol. The van der Waals surface area contributed by atoms with Gasteiger partial charge in [0, 0.05) is 12.1 Å². The van der Waals surface area contributed by atoms with Gasteiger partial charge in [-0.15, -0.1) is 0 Å². The van der Waals surface area contributed by atoms with Crippen LogP contribution < -0.4 is 5.73 Å². The molecule has 0 aliphatic heterocycles. The number of halogens is 1. The first-order valence-electron chi connectivity index (χ1n) is 7.11. The fourth-order valence-electron chi connectivity index (χ4n) is 2.28. The minimum Gasteiger partial charge on any atom is -0.465 e. The summed E-state index contributed by atoms with van der Waals surface area (Å²) in [5.74, 6) is -1.05. The highest BCUT2D eigenvalue weighted by molar-refractivity contribution is 5.83. The van der Waals surface area contributed by atoms with Crippen LogP contribution in [0.2, 0.25) is 0 Å². The summed E-state index contributed by atoms with van der Waals surface area (Å²) in [7, 11) is 0. The van der Waals surface area contributed by atoms with E-state index in [-0.39, 0.29) is 25.1 Å². The van der Waals surface area contributed by atoms with Gasteiger partial charge in [-0.3, -0.25) is 4.79 Å². The Labute approximate surface area is 125 Å². The summed E-state index contributed by atoms with van der Waals surface area (Å²) >= 11 is 0. The molecule has 0 saturated carbocycles. The molecule has 0 amide bonds. The highest BCUT2D eigenvalue weighted by Gasteiger charge is 2.43. The second-order valence-electron chi connectivity index (χ2n) is 5.80. The summed E-state index contributed by atoms with van der Waals surface area (Å²) in [4.78, 5) is 12.4. The maximum atomic E-state index is 14.2. The Bertz CT molecular complexity index is 485. The van der Waals surface area contributed by atoms with E-state index in [9.17, 15) is 14.3 Å². The van der Waals surface area contributed by atoms with Crippen LogP contribution in [0, 0.1) is 5.82 Å². The Balaban J connectivity index is 3.26. The molecule has 0 saturated heterocycles. The summed E-state index contributed by atoms with van der Waals surface area (Å²) in [5, 5.41) is 9.92. The number of rotatable bonds is 7. The number of carbonyl (C=O) groups is 1. The molecule has 1 rings (SSSR count). The van der Waals surface area contributed by atoms with Gasteiger partial charge in [-0.05, 0) is 39.7 Å². The van der Waals surface area contributed by atoms with Gasteiger partial charge in [0.15, 0.2) is 0 Å². The Hall–Kier alpha value is -1.46. The minimum absolute atomic E-state index is 0.0805. The lowest BCUT2D eigenvalue weighted by molar-refractivity contribution is -0.150. The second kappa shape index (κ2) is 7.00. The number of carbonyl (C=O) groups excluding carboxylic acids is 1. The van der Waals surface area contributed by atoms with Crippen molar-refractivity contribution >= 4 is 5.97 Å². The van der Waals surface area contributed by atoms with Gasteiger partial charge in [0.25, 0.3) is 0 Å². The first kappa shape index (κ1) is 17.6. The van der Waals surface area contributed by atoms with E-state index in [1.54, 1.807) is 39.0 Å². The van der Waals surface area contributed by atoms with Gasteiger partial charge >= 0.3 is 5.97 Å². The lowest BCUT2D eigenvalue weighted by Gasteiger charge is -2.33. The molecule has 1 aromatic rings. The van der Waals surface area contributed by atoms with Crippen LogP contribution >= 0.6 is 0 Å². The molecule has 21 heavy (non-hydrogen) atoms. The summed E-state index contributed by atoms with van der Waals surface area (Å²) in [6, 6.07) is 6.06. The number of hydrogen-bond acceptors (Lipinski definition) is 4. The van der Waals surface area contributed by atoms with Crippen LogP contribution in [0.4, 0.5) is 4.39 Å². The first-order chi connectivity index (χ1) is 9.77. The molecule has 0 aromatic heterocycles. The van der Waals surface area contributed by atoms with Crippen molar-refractivity contribution in [2.75, 3.05) is 13.2 Å². The Morgan fingerprint density at radius 3 is 2.43 bits per heavy atom. The molecule has 1 unspecified atom stereocenters. The Morgan fingerprint density at radius 2 is 1.95 bits per heavy atom. The Morgan fingerprint density at radius 1 is 1.33 bits per heavy atom. The van der Waals surface area contributed by atoms with Crippen molar-refractivity contribution in [2.24, 2.45) is 5.73 Å². The third kappa shape index (κ3) is 4.25. The normalized spacial score (nSPS) is 14.6. The van der Waals surface area contributed by atoms with Gasteiger partial charge in [0.2, 0.25) is 0 Å². The van der Waals surface area contributed by atoms with Crippen LogP contribution in [-0.2, 0) is 14.9 Å². The third-order valence-corrected chi connectivity index (χ3v) is 3.57. The van der Waals surface area contributed by atoms with Crippen LogP contribution in [0.15, 0.2) is 24.3 Å². The number of aliphatic hydroxyl groups is 1. The fourth-order valence-corrected chi connectivity index (χ4v) is 2.28. The van der Waals surface area contributed by atoms with E-state index in [0.29, 0.717) is 6.42 Å². The van der Waals surface area contributed by atoms with Gasteiger partial charge in [0.05, 0.1) is 12.2 Å². The third-order valence-electron chi connectivity index (χ3n) is 3.57. The average molecular weight is 297 g/mol. The molecular weight excluding hydrogens is 273 g/mol. The van der Waals surface area contributed by atoms with Crippen LogP contribution in [0.5, 0.6) is 0 Å². The summed E-state index contributed by atoms with van der Waals surface area (Å²) in [5.41, 5.74) is 3.79. The SMILES string of the molecule is CCOC(=O)C(CN)(CCC(C)(C)O)c1ccccc1F. The predicted octanol–water partition coefficient (Wildman–Crippen LogP) is 2.14. The molecule has 0 spiro atoms. The highest BCUT2D eigenvalue weighted by atomic mass is 19.1. The molecule has 0 fully saturated rings. The van der Waals surface area contributed by atoms with Crippen molar-refractivity contribution in [3.63, 3.8) is 0 Å². The lowest BCUT2D eigenvalue weighted by Crippen LogP contribution is -2.46. The van der Waals surface area contributed by atoms with E-state index in [1.807, 2.05) is 0 Å². The van der Waals surface area contributed by atoms with E-state index in [2.05, 4.69) is 0 Å². The van der Waals surface area contributed by atoms with Crippen molar-refractivity contribution in [2.45, 2.75) is 44.6 Å². The Kier molecular flexibility index (Phi) is 5.87. The van der Waals surface area contributed by atoms with Crippen molar-refractivity contribution in [1.82, 2.24) is 0 Å². The average Bonchev–Trinajstić information content (AvgIpc) is 2.41. The van der Waals surface area contributed by atoms with Crippen molar-refractivity contribution in [1.29, 1.82) is 0 Å². The quantitative estimate of drug-likeness (QED) is 0.756. The number of nitrogens with two attached hydrogens (primary N) is 1. The van der Waals surface area contributed by atoms with Crippen LogP contribution in [0.3, 0.4) is 0 Å². The molecule has 0 aliphatic carbocycles. The minimum atomic E-state index is -1.28. The fraction of sp³-hybridized carbons (Fsp3) is 0.562. The van der Waals surface area contributed by atoms with Crippen molar-refractivity contribution in [3.8, 4) is 0 Å². The number of esters is 1. The van der Waals surface area contributed by atoms with E-state index in [0.717, 1.165) is 0 Å². The van der Waals surface area contributed by atoms with E-state index < -0.39 is 22.8 Å². The van der Waals surface area contributed by atoms with E-state index >= 15 is 0 Å². The topological polar surface area (TPSA) is 72.5 Å². The van der Waals surface area contributed by atoms with Crippen molar-refractivity contribution < 1.29 is 19.0 Å². The predicted molar refractivity (Wildman–Crippen MR) is 79.3 cm³/mol. The van der Waals surface area contributed by atoms with Gasteiger partial charge in [0.1, 0.15) is 11.2 Å². The molecule has 0 bridgehead atoms. The molecule has 3 N–H and O–H groups in total. The second-order valence-corrected chi connectivity index (χ2v) is 5.80. The van der Waals surface area contributed by atoms with Crippen LogP contribution in [0.25, 0.3) is 0 Å². The zero-order valence-corrected chi connectivity index (χ0v) is 12.9. The lowest BCUT2D eigenvalue weighted by atomic mass is 9.74. The number of benzene rings is 1. The summed E-state index contributed by atoms with van der Waals surface area (Å²) in [6.07, 6.45) is 0.518. The van der Waals surface area contributed by atoms with E-state index in [1.165, 1.54) is 6.07 Å².